The van der Waals surface area contributed by atoms with Crippen molar-refractivity contribution in [2.24, 2.45) is 0 Å². The third-order valence-corrected chi connectivity index (χ3v) is 2.20. The number of nitrogen functional groups attached to an aromatic ring is 1. The van der Waals surface area contributed by atoms with Crippen molar-refractivity contribution in [3.05, 3.63) is 36.7 Å². The van der Waals surface area contributed by atoms with Gasteiger partial charge in [-0.3, -0.25) is 0 Å². The van der Waals surface area contributed by atoms with Gasteiger partial charge in [0.25, 0.3) is 0 Å². The summed E-state index contributed by atoms with van der Waals surface area (Å²) < 4.78 is 0. The van der Waals surface area contributed by atoms with Gasteiger partial charge in [-0.1, -0.05) is 18.2 Å². The molecule has 1 aromatic heterocycles. The third kappa shape index (κ3) is 2.08. The van der Waals surface area contributed by atoms with Crippen molar-refractivity contribution in [2.75, 3.05) is 17.2 Å². The number of benzene rings is 1. The minimum absolute atomic E-state index is 0.236. The first-order chi connectivity index (χ1) is 7.81. The Labute approximate surface area is 94.0 Å². The molecular formula is C11H13N5. The van der Waals surface area contributed by atoms with Crippen LogP contribution in [0.2, 0.25) is 0 Å². The second-order valence-corrected chi connectivity index (χ2v) is 3.22. The van der Waals surface area contributed by atoms with Gasteiger partial charge in [0.05, 0.1) is 0 Å². The summed E-state index contributed by atoms with van der Waals surface area (Å²) in [6.45, 7) is 2.81. The SMILES string of the molecule is CCN(c1ccccc1)c1ncnc(N)n1. The lowest BCUT2D eigenvalue weighted by molar-refractivity contribution is 0.926. The molecule has 2 N–H and O–H groups in total. The lowest BCUT2D eigenvalue weighted by atomic mass is 10.3. The molecule has 0 saturated carbocycles. The highest BCUT2D eigenvalue weighted by atomic mass is 15.3. The zero-order valence-corrected chi connectivity index (χ0v) is 9.04. The maximum absolute atomic E-state index is 5.54. The Morgan fingerprint density at radius 2 is 1.94 bits per heavy atom. The van der Waals surface area contributed by atoms with E-state index in [1.807, 2.05) is 42.2 Å². The van der Waals surface area contributed by atoms with E-state index < -0.39 is 0 Å². The third-order valence-electron chi connectivity index (χ3n) is 2.20. The van der Waals surface area contributed by atoms with E-state index in [9.17, 15) is 0 Å². The van der Waals surface area contributed by atoms with E-state index >= 15 is 0 Å². The summed E-state index contributed by atoms with van der Waals surface area (Å²) in [6.07, 6.45) is 1.42. The number of anilines is 3. The molecule has 5 heteroatoms. The van der Waals surface area contributed by atoms with Crippen molar-refractivity contribution >= 4 is 17.6 Å². The second-order valence-electron chi connectivity index (χ2n) is 3.22. The van der Waals surface area contributed by atoms with E-state index in [4.69, 9.17) is 5.73 Å². The fourth-order valence-electron chi connectivity index (χ4n) is 1.48. The summed E-state index contributed by atoms with van der Waals surface area (Å²) in [5.41, 5.74) is 6.58. The van der Waals surface area contributed by atoms with Gasteiger partial charge in [-0.25, -0.2) is 9.97 Å². The molecule has 0 radical (unpaired) electrons. The van der Waals surface area contributed by atoms with Crippen molar-refractivity contribution < 1.29 is 0 Å². The van der Waals surface area contributed by atoms with Gasteiger partial charge < -0.3 is 10.6 Å². The predicted octanol–water partition coefficient (Wildman–Crippen LogP) is 1.61. The van der Waals surface area contributed by atoms with Gasteiger partial charge in [0.1, 0.15) is 6.33 Å². The minimum atomic E-state index is 0.236. The Morgan fingerprint density at radius 1 is 1.19 bits per heavy atom. The Balaban J connectivity index is 2.37. The average molecular weight is 215 g/mol. The summed E-state index contributed by atoms with van der Waals surface area (Å²) in [5.74, 6) is 0.806. The molecule has 2 rings (SSSR count). The number of para-hydroxylation sites is 1. The first kappa shape index (κ1) is 10.4. The van der Waals surface area contributed by atoms with Crippen molar-refractivity contribution in [1.82, 2.24) is 15.0 Å². The van der Waals surface area contributed by atoms with Gasteiger partial charge in [-0.15, -0.1) is 0 Å². The van der Waals surface area contributed by atoms with Crippen LogP contribution in [0.25, 0.3) is 0 Å². The summed E-state index contributed by atoms with van der Waals surface area (Å²) in [4.78, 5) is 14.0. The van der Waals surface area contributed by atoms with Crippen LogP contribution in [0.3, 0.4) is 0 Å². The summed E-state index contributed by atoms with van der Waals surface area (Å²) in [7, 11) is 0. The number of nitrogens with zero attached hydrogens (tertiary/aromatic N) is 4. The van der Waals surface area contributed by atoms with Gasteiger partial charge in [-0.2, -0.15) is 4.98 Å². The monoisotopic (exact) mass is 215 g/mol. The Morgan fingerprint density at radius 3 is 2.56 bits per heavy atom. The molecule has 0 unspecified atom stereocenters. The fourth-order valence-corrected chi connectivity index (χ4v) is 1.48. The maximum atomic E-state index is 5.54. The van der Waals surface area contributed by atoms with E-state index in [1.54, 1.807) is 0 Å². The van der Waals surface area contributed by atoms with Crippen molar-refractivity contribution in [3.63, 3.8) is 0 Å². The second kappa shape index (κ2) is 4.57. The first-order valence-corrected chi connectivity index (χ1v) is 5.08. The molecule has 1 heterocycles. The molecule has 0 saturated heterocycles. The number of rotatable bonds is 3. The minimum Gasteiger partial charge on any atom is -0.368 e. The molecule has 5 nitrogen and oxygen atoms in total. The number of hydrogen-bond donors (Lipinski definition) is 1. The van der Waals surface area contributed by atoms with Crippen molar-refractivity contribution in [1.29, 1.82) is 0 Å². The van der Waals surface area contributed by atoms with E-state index in [0.29, 0.717) is 5.95 Å². The van der Waals surface area contributed by atoms with E-state index in [0.717, 1.165) is 12.2 Å². The first-order valence-electron chi connectivity index (χ1n) is 5.08. The zero-order valence-electron chi connectivity index (χ0n) is 9.04. The number of hydrogen-bond acceptors (Lipinski definition) is 5. The molecule has 0 aliphatic carbocycles. The molecule has 0 aliphatic heterocycles. The number of aromatic nitrogens is 3. The Bertz CT molecular complexity index is 457. The summed E-state index contributed by atoms with van der Waals surface area (Å²) >= 11 is 0. The molecule has 1 aromatic carbocycles. The van der Waals surface area contributed by atoms with Crippen LogP contribution in [0.15, 0.2) is 36.7 Å². The quantitative estimate of drug-likeness (QED) is 0.842. The highest BCUT2D eigenvalue weighted by Crippen LogP contribution is 2.20. The van der Waals surface area contributed by atoms with E-state index in [2.05, 4.69) is 15.0 Å². The molecule has 16 heavy (non-hydrogen) atoms. The van der Waals surface area contributed by atoms with Crippen LogP contribution in [0.5, 0.6) is 0 Å². The smallest absolute Gasteiger partial charge is 0.234 e. The van der Waals surface area contributed by atoms with Gasteiger partial charge in [0.15, 0.2) is 0 Å². The molecule has 0 aliphatic rings. The van der Waals surface area contributed by atoms with Gasteiger partial charge in [0.2, 0.25) is 11.9 Å². The molecule has 2 aromatic rings. The Hall–Kier alpha value is -2.17. The molecule has 0 amide bonds. The standard InChI is InChI=1S/C11H13N5/c1-2-16(9-6-4-3-5-7-9)11-14-8-13-10(12)15-11/h3-8H,2H2,1H3,(H2,12,13,14,15). The Kier molecular flexibility index (Phi) is 2.95. The largest absolute Gasteiger partial charge is 0.368 e. The van der Waals surface area contributed by atoms with Crippen LogP contribution >= 0.6 is 0 Å². The highest BCUT2D eigenvalue weighted by molar-refractivity contribution is 5.56. The summed E-state index contributed by atoms with van der Waals surface area (Å²) in [5, 5.41) is 0. The van der Waals surface area contributed by atoms with Gasteiger partial charge in [-0.05, 0) is 19.1 Å². The van der Waals surface area contributed by atoms with Crippen LogP contribution < -0.4 is 10.6 Å². The molecule has 0 spiro atoms. The lowest BCUT2D eigenvalue weighted by Gasteiger charge is -2.20. The molecule has 0 atom stereocenters. The fraction of sp³-hybridized carbons (Fsp3) is 0.182. The van der Waals surface area contributed by atoms with Gasteiger partial charge >= 0.3 is 0 Å². The van der Waals surface area contributed by atoms with E-state index in [1.165, 1.54) is 6.33 Å². The van der Waals surface area contributed by atoms with Crippen molar-refractivity contribution in [3.8, 4) is 0 Å². The zero-order chi connectivity index (χ0) is 11.4. The summed E-state index contributed by atoms with van der Waals surface area (Å²) in [6, 6.07) is 9.93. The van der Waals surface area contributed by atoms with Crippen LogP contribution in [0.1, 0.15) is 6.92 Å². The lowest BCUT2D eigenvalue weighted by Crippen LogP contribution is -2.19. The molecule has 0 bridgehead atoms. The van der Waals surface area contributed by atoms with Gasteiger partial charge in [0, 0.05) is 12.2 Å². The van der Waals surface area contributed by atoms with E-state index in [-0.39, 0.29) is 5.95 Å². The molecule has 0 fully saturated rings. The highest BCUT2D eigenvalue weighted by Gasteiger charge is 2.09. The molecular weight excluding hydrogens is 202 g/mol. The maximum Gasteiger partial charge on any atom is 0.234 e. The van der Waals surface area contributed by atoms with Crippen molar-refractivity contribution in [2.45, 2.75) is 6.92 Å². The number of nitrogens with two attached hydrogens (primary N) is 1. The van der Waals surface area contributed by atoms with Crippen LogP contribution in [-0.2, 0) is 0 Å². The van der Waals surface area contributed by atoms with Crippen LogP contribution in [0.4, 0.5) is 17.6 Å². The van der Waals surface area contributed by atoms with Crippen LogP contribution in [0, 0.1) is 0 Å². The molecule has 82 valence electrons. The average Bonchev–Trinajstić information content (AvgIpc) is 2.31. The van der Waals surface area contributed by atoms with Crippen LogP contribution in [-0.4, -0.2) is 21.5 Å². The predicted molar refractivity (Wildman–Crippen MR) is 63.4 cm³/mol. The topological polar surface area (TPSA) is 67.9 Å². The normalized spacial score (nSPS) is 10.1.